The molecule has 3 aliphatic rings. The van der Waals surface area contributed by atoms with Gasteiger partial charge in [-0.05, 0) is 36.1 Å². The van der Waals surface area contributed by atoms with Crippen LogP contribution in [0.5, 0.6) is 5.75 Å². The summed E-state index contributed by atoms with van der Waals surface area (Å²) in [6, 6.07) is 16.5. The molecule has 3 aliphatic heterocycles. The van der Waals surface area contributed by atoms with Crippen molar-refractivity contribution in [2.75, 3.05) is 26.7 Å². The van der Waals surface area contributed by atoms with Gasteiger partial charge in [0.1, 0.15) is 11.3 Å². The van der Waals surface area contributed by atoms with E-state index < -0.39 is 22.9 Å². The molecule has 0 saturated carbocycles. The van der Waals surface area contributed by atoms with Crippen molar-refractivity contribution in [3.05, 3.63) is 65.2 Å². The van der Waals surface area contributed by atoms with Gasteiger partial charge in [-0.2, -0.15) is 5.26 Å². The maximum absolute atomic E-state index is 13.4. The highest BCUT2D eigenvalue weighted by atomic mass is 16.5. The number of nitriles is 1. The summed E-state index contributed by atoms with van der Waals surface area (Å²) < 4.78 is 5.22. The number of hydrogen-bond acceptors (Lipinski definition) is 6. The van der Waals surface area contributed by atoms with Crippen LogP contribution >= 0.6 is 0 Å². The smallest absolute Gasteiger partial charge is 0.322 e. The van der Waals surface area contributed by atoms with Gasteiger partial charge >= 0.3 is 6.03 Å². The second-order valence-electron chi connectivity index (χ2n) is 9.79. The molecule has 10 heteroatoms. The molecule has 5 amide bonds. The van der Waals surface area contributed by atoms with E-state index in [1.165, 1.54) is 12.0 Å². The first-order valence-corrected chi connectivity index (χ1v) is 12.1. The summed E-state index contributed by atoms with van der Waals surface area (Å²) in [7, 11) is 1.51. The molecule has 2 aromatic carbocycles. The van der Waals surface area contributed by atoms with Gasteiger partial charge < -0.3 is 19.9 Å². The molecule has 2 fully saturated rings. The molecule has 2 N–H and O–H groups in total. The number of amides is 5. The Morgan fingerprint density at radius 3 is 2.46 bits per heavy atom. The van der Waals surface area contributed by atoms with Gasteiger partial charge in [-0.25, -0.2) is 4.79 Å². The Bertz CT molecular complexity index is 1310. The van der Waals surface area contributed by atoms with E-state index in [9.17, 15) is 24.4 Å². The zero-order chi connectivity index (χ0) is 26.2. The standard InChI is InChI=1S/C27H27N5O5/c1-37-20-8-7-18-15-32(23(34)21(18)13-20)17-27(24(35)29-25(36)30-27)14-22(33)31-11-9-26(16-28,10-12-31)19-5-3-2-4-6-19/h2-8,13H,9-12,14-15,17H2,1H3,(H2,29,30,35,36). The lowest BCUT2D eigenvalue weighted by atomic mass is 9.74. The fraction of sp³-hybridized carbons (Fsp3) is 0.370. The summed E-state index contributed by atoms with van der Waals surface area (Å²) >= 11 is 0. The Hall–Kier alpha value is -4.39. The van der Waals surface area contributed by atoms with E-state index in [1.807, 2.05) is 30.3 Å². The largest absolute Gasteiger partial charge is 0.497 e. The number of ether oxygens (including phenoxy) is 1. The predicted octanol–water partition coefficient (Wildman–Crippen LogP) is 1.70. The van der Waals surface area contributed by atoms with E-state index in [-0.39, 0.29) is 31.3 Å². The molecule has 5 rings (SSSR count). The van der Waals surface area contributed by atoms with Gasteiger partial charge in [-0.15, -0.1) is 0 Å². The second kappa shape index (κ2) is 9.24. The van der Waals surface area contributed by atoms with Crippen molar-refractivity contribution in [1.29, 1.82) is 5.26 Å². The fourth-order valence-electron chi connectivity index (χ4n) is 5.47. The number of nitrogens with one attached hydrogen (secondary N) is 2. The zero-order valence-corrected chi connectivity index (χ0v) is 20.5. The number of methoxy groups -OCH3 is 1. The highest BCUT2D eigenvalue weighted by molar-refractivity contribution is 6.09. The average Bonchev–Trinajstić information content (AvgIpc) is 3.37. The number of urea groups is 1. The van der Waals surface area contributed by atoms with Crippen LogP contribution in [0.25, 0.3) is 0 Å². The third-order valence-electron chi connectivity index (χ3n) is 7.63. The number of likely N-dealkylation sites (tertiary alicyclic amines) is 1. The van der Waals surface area contributed by atoms with Crippen molar-refractivity contribution in [3.63, 3.8) is 0 Å². The van der Waals surface area contributed by atoms with Gasteiger partial charge in [0.25, 0.3) is 11.8 Å². The van der Waals surface area contributed by atoms with E-state index in [0.717, 1.165) is 11.1 Å². The van der Waals surface area contributed by atoms with Crippen molar-refractivity contribution in [3.8, 4) is 11.8 Å². The first-order valence-electron chi connectivity index (χ1n) is 12.1. The molecule has 10 nitrogen and oxygen atoms in total. The van der Waals surface area contributed by atoms with E-state index in [0.29, 0.717) is 37.2 Å². The van der Waals surface area contributed by atoms with Crippen LogP contribution in [-0.4, -0.2) is 65.8 Å². The number of piperidine rings is 1. The molecule has 1 atom stereocenters. The van der Waals surface area contributed by atoms with Crippen LogP contribution in [0, 0.1) is 11.3 Å². The minimum absolute atomic E-state index is 0.147. The van der Waals surface area contributed by atoms with Gasteiger partial charge in [0.15, 0.2) is 0 Å². The van der Waals surface area contributed by atoms with Crippen molar-refractivity contribution in [2.45, 2.75) is 36.8 Å². The molecular weight excluding hydrogens is 474 g/mol. The number of imide groups is 1. The Labute approximate surface area is 214 Å². The van der Waals surface area contributed by atoms with E-state index in [2.05, 4.69) is 16.7 Å². The molecule has 0 spiro atoms. The highest BCUT2D eigenvalue weighted by Crippen LogP contribution is 2.36. The summed E-state index contributed by atoms with van der Waals surface area (Å²) in [5.74, 6) is -0.711. The molecule has 1 unspecified atom stereocenters. The minimum Gasteiger partial charge on any atom is -0.497 e. The number of carbonyl (C=O) groups is 4. The SMILES string of the molecule is COc1ccc2c(c1)C(=O)N(CC1(CC(=O)N3CCC(C#N)(c4ccccc4)CC3)NC(=O)NC1=O)C2. The highest BCUT2D eigenvalue weighted by Gasteiger charge is 2.51. The molecule has 0 aromatic heterocycles. The quantitative estimate of drug-likeness (QED) is 0.579. The summed E-state index contributed by atoms with van der Waals surface area (Å²) in [5, 5.41) is 14.8. The van der Waals surface area contributed by atoms with Crippen LogP contribution in [0.1, 0.15) is 40.7 Å². The summed E-state index contributed by atoms with van der Waals surface area (Å²) in [6.45, 7) is 0.802. The number of hydrogen-bond donors (Lipinski definition) is 2. The van der Waals surface area contributed by atoms with Gasteiger partial charge in [0.2, 0.25) is 5.91 Å². The molecule has 190 valence electrons. The third kappa shape index (κ3) is 4.27. The predicted molar refractivity (Wildman–Crippen MR) is 131 cm³/mol. The number of benzene rings is 2. The normalized spacial score (nSPS) is 22.2. The lowest BCUT2D eigenvalue weighted by Crippen LogP contribution is -2.58. The topological polar surface area (TPSA) is 132 Å². The van der Waals surface area contributed by atoms with Crippen molar-refractivity contribution >= 4 is 23.8 Å². The molecule has 2 aromatic rings. The number of carbonyl (C=O) groups excluding carboxylic acids is 4. The van der Waals surface area contributed by atoms with Gasteiger partial charge in [0.05, 0.1) is 31.6 Å². The Kier molecular flexibility index (Phi) is 6.07. The van der Waals surface area contributed by atoms with Gasteiger partial charge in [-0.3, -0.25) is 19.7 Å². The molecule has 3 heterocycles. The summed E-state index contributed by atoms with van der Waals surface area (Å²) in [4.78, 5) is 54.7. The minimum atomic E-state index is -1.58. The van der Waals surface area contributed by atoms with Crippen molar-refractivity contribution < 1.29 is 23.9 Å². The third-order valence-corrected chi connectivity index (χ3v) is 7.63. The fourth-order valence-corrected chi connectivity index (χ4v) is 5.47. The molecule has 37 heavy (non-hydrogen) atoms. The number of fused-ring (bicyclic) bond motifs is 1. The van der Waals surface area contributed by atoms with Crippen LogP contribution in [0.2, 0.25) is 0 Å². The average molecular weight is 502 g/mol. The Balaban J connectivity index is 1.31. The zero-order valence-electron chi connectivity index (χ0n) is 20.5. The van der Waals surface area contributed by atoms with Gasteiger partial charge in [-0.1, -0.05) is 36.4 Å². The molecule has 0 aliphatic carbocycles. The number of rotatable bonds is 6. The van der Waals surface area contributed by atoms with Crippen LogP contribution < -0.4 is 15.4 Å². The van der Waals surface area contributed by atoms with E-state index in [1.54, 1.807) is 23.1 Å². The molecular formula is C27H27N5O5. The summed E-state index contributed by atoms with van der Waals surface area (Å²) in [5.41, 5.74) is -0.0906. The molecule has 0 bridgehead atoms. The van der Waals surface area contributed by atoms with Crippen LogP contribution in [-0.2, 0) is 21.5 Å². The van der Waals surface area contributed by atoms with E-state index in [4.69, 9.17) is 4.74 Å². The maximum atomic E-state index is 13.4. The first kappa shape index (κ1) is 24.3. The van der Waals surface area contributed by atoms with Crippen LogP contribution in [0.15, 0.2) is 48.5 Å². The molecule has 0 radical (unpaired) electrons. The monoisotopic (exact) mass is 501 g/mol. The Morgan fingerprint density at radius 1 is 1.11 bits per heavy atom. The maximum Gasteiger partial charge on any atom is 0.322 e. The summed E-state index contributed by atoms with van der Waals surface area (Å²) in [6.07, 6.45) is 0.637. The van der Waals surface area contributed by atoms with E-state index >= 15 is 0 Å². The first-order chi connectivity index (χ1) is 17.8. The number of nitrogens with zero attached hydrogens (tertiary/aromatic N) is 3. The Morgan fingerprint density at radius 2 is 1.84 bits per heavy atom. The molecule has 2 saturated heterocycles. The van der Waals surface area contributed by atoms with Crippen molar-refractivity contribution in [2.24, 2.45) is 0 Å². The van der Waals surface area contributed by atoms with Crippen LogP contribution in [0.4, 0.5) is 4.79 Å². The lowest BCUT2D eigenvalue weighted by Gasteiger charge is -2.39. The van der Waals surface area contributed by atoms with Crippen LogP contribution in [0.3, 0.4) is 0 Å². The second-order valence-corrected chi connectivity index (χ2v) is 9.79. The van der Waals surface area contributed by atoms with Crippen molar-refractivity contribution in [1.82, 2.24) is 20.4 Å². The lowest BCUT2D eigenvalue weighted by molar-refractivity contribution is -0.138. The van der Waals surface area contributed by atoms with Gasteiger partial charge in [0, 0.05) is 25.2 Å².